The van der Waals surface area contributed by atoms with Crippen molar-refractivity contribution in [3.8, 4) is 0 Å². The molecule has 2 rings (SSSR count). The Bertz CT molecular complexity index is 657. The monoisotopic (exact) mass is 306 g/mol. The van der Waals surface area contributed by atoms with Gasteiger partial charge in [0.2, 0.25) is 0 Å². The summed E-state index contributed by atoms with van der Waals surface area (Å²) in [7, 11) is 0. The van der Waals surface area contributed by atoms with Crippen LogP contribution in [0.2, 0.25) is 5.02 Å². The van der Waals surface area contributed by atoms with Gasteiger partial charge in [0.25, 0.3) is 5.91 Å². The average Bonchev–Trinajstić information content (AvgIpc) is 2.79. The minimum atomic E-state index is -0.255. The lowest BCUT2D eigenvalue weighted by atomic mass is 9.88. The Hall–Kier alpha value is -1.81. The number of nitrogens with zero attached hydrogens (tertiary/aromatic N) is 1. The highest BCUT2D eigenvalue weighted by molar-refractivity contribution is 6.31. The van der Waals surface area contributed by atoms with Crippen molar-refractivity contribution < 1.29 is 9.32 Å². The van der Waals surface area contributed by atoms with E-state index in [0.29, 0.717) is 28.6 Å². The zero-order valence-electron chi connectivity index (χ0n) is 12.7. The van der Waals surface area contributed by atoms with Crippen LogP contribution in [0.5, 0.6) is 0 Å². The highest BCUT2D eigenvalue weighted by Crippen LogP contribution is 2.27. The van der Waals surface area contributed by atoms with E-state index in [-0.39, 0.29) is 11.3 Å². The third kappa shape index (κ3) is 3.45. The molecule has 0 atom stereocenters. The molecule has 0 fully saturated rings. The summed E-state index contributed by atoms with van der Waals surface area (Å²) in [5, 5.41) is 7.53. The molecule has 0 spiro atoms. The van der Waals surface area contributed by atoms with Crippen LogP contribution in [0.3, 0.4) is 0 Å². The molecule has 5 heteroatoms. The SMILES string of the molecule is Cc1onc(C(C)(C)C)c1C(=O)NCc1ccccc1Cl. The lowest BCUT2D eigenvalue weighted by molar-refractivity contribution is 0.0947. The smallest absolute Gasteiger partial charge is 0.257 e. The number of carbonyl (C=O) groups excluding carboxylic acids is 1. The second-order valence-corrected chi connectivity index (χ2v) is 6.39. The number of hydrogen-bond donors (Lipinski definition) is 1. The van der Waals surface area contributed by atoms with Gasteiger partial charge in [-0.15, -0.1) is 0 Å². The Labute approximate surface area is 129 Å². The Balaban J connectivity index is 2.19. The summed E-state index contributed by atoms with van der Waals surface area (Å²) in [6.45, 7) is 8.10. The number of amides is 1. The first-order chi connectivity index (χ1) is 9.80. The van der Waals surface area contributed by atoms with Gasteiger partial charge < -0.3 is 9.84 Å². The molecule has 1 aromatic carbocycles. The molecule has 1 N–H and O–H groups in total. The van der Waals surface area contributed by atoms with E-state index in [9.17, 15) is 4.79 Å². The number of benzene rings is 1. The van der Waals surface area contributed by atoms with E-state index in [4.69, 9.17) is 16.1 Å². The first-order valence-electron chi connectivity index (χ1n) is 6.79. The predicted molar refractivity (Wildman–Crippen MR) is 82.6 cm³/mol. The van der Waals surface area contributed by atoms with Crippen molar-refractivity contribution in [1.29, 1.82) is 0 Å². The molecule has 0 aliphatic rings. The fraction of sp³-hybridized carbons (Fsp3) is 0.375. The summed E-state index contributed by atoms with van der Waals surface area (Å²) in [5.74, 6) is 0.329. The number of rotatable bonds is 3. The van der Waals surface area contributed by atoms with Gasteiger partial charge in [-0.25, -0.2) is 0 Å². The maximum atomic E-state index is 12.4. The van der Waals surface area contributed by atoms with Gasteiger partial charge in [-0.05, 0) is 18.6 Å². The van der Waals surface area contributed by atoms with Gasteiger partial charge in [0, 0.05) is 17.0 Å². The number of hydrogen-bond acceptors (Lipinski definition) is 3. The molecule has 112 valence electrons. The zero-order valence-corrected chi connectivity index (χ0v) is 13.4. The summed E-state index contributed by atoms with van der Waals surface area (Å²) in [4.78, 5) is 12.4. The van der Waals surface area contributed by atoms with Crippen LogP contribution in [0.15, 0.2) is 28.8 Å². The summed E-state index contributed by atoms with van der Waals surface area (Å²) < 4.78 is 5.18. The zero-order chi connectivity index (χ0) is 15.6. The van der Waals surface area contributed by atoms with Gasteiger partial charge in [0.05, 0.1) is 0 Å². The molecule has 0 radical (unpaired) electrons. The molecule has 0 saturated carbocycles. The lowest BCUT2D eigenvalue weighted by Gasteiger charge is -2.16. The Morgan fingerprint density at radius 3 is 2.62 bits per heavy atom. The molecular formula is C16H19ClN2O2. The lowest BCUT2D eigenvalue weighted by Crippen LogP contribution is -2.27. The number of aryl methyl sites for hydroxylation is 1. The van der Waals surface area contributed by atoms with Crippen LogP contribution in [0.4, 0.5) is 0 Å². The van der Waals surface area contributed by atoms with Crippen LogP contribution in [0.25, 0.3) is 0 Å². The van der Waals surface area contributed by atoms with E-state index in [2.05, 4.69) is 10.5 Å². The quantitative estimate of drug-likeness (QED) is 0.936. The van der Waals surface area contributed by atoms with Crippen LogP contribution in [0.1, 0.15) is 48.1 Å². The standard InChI is InChI=1S/C16H19ClN2O2/c1-10-13(14(19-21-10)16(2,3)4)15(20)18-9-11-7-5-6-8-12(11)17/h5-8H,9H2,1-4H3,(H,18,20). The van der Waals surface area contributed by atoms with Crippen molar-refractivity contribution in [3.05, 3.63) is 51.9 Å². The molecule has 2 aromatic rings. The van der Waals surface area contributed by atoms with Crippen molar-refractivity contribution in [2.75, 3.05) is 0 Å². The average molecular weight is 307 g/mol. The van der Waals surface area contributed by atoms with Crippen molar-refractivity contribution in [2.24, 2.45) is 0 Å². The number of nitrogens with one attached hydrogen (secondary N) is 1. The molecule has 21 heavy (non-hydrogen) atoms. The van der Waals surface area contributed by atoms with Gasteiger partial charge in [-0.3, -0.25) is 4.79 Å². The first-order valence-corrected chi connectivity index (χ1v) is 7.17. The van der Waals surface area contributed by atoms with Crippen LogP contribution >= 0.6 is 11.6 Å². The predicted octanol–water partition coefficient (Wildman–Crippen LogP) is 3.86. The second-order valence-electron chi connectivity index (χ2n) is 5.99. The summed E-state index contributed by atoms with van der Waals surface area (Å²) in [6, 6.07) is 7.43. The molecule has 0 bridgehead atoms. The van der Waals surface area contributed by atoms with Gasteiger partial charge in [-0.2, -0.15) is 0 Å². The Morgan fingerprint density at radius 2 is 2.00 bits per heavy atom. The van der Waals surface area contributed by atoms with Crippen LogP contribution in [-0.4, -0.2) is 11.1 Å². The minimum Gasteiger partial charge on any atom is -0.361 e. The number of aromatic nitrogens is 1. The fourth-order valence-electron chi connectivity index (χ4n) is 2.06. The Morgan fingerprint density at radius 1 is 1.33 bits per heavy atom. The Kier molecular flexibility index (Phi) is 4.37. The molecule has 1 aromatic heterocycles. The van der Waals surface area contributed by atoms with Crippen LogP contribution < -0.4 is 5.32 Å². The molecule has 0 aliphatic heterocycles. The third-order valence-electron chi connectivity index (χ3n) is 3.20. The molecule has 4 nitrogen and oxygen atoms in total. The normalized spacial score (nSPS) is 11.5. The highest BCUT2D eigenvalue weighted by atomic mass is 35.5. The maximum Gasteiger partial charge on any atom is 0.257 e. The molecule has 0 aliphatic carbocycles. The first kappa shape index (κ1) is 15.6. The summed E-state index contributed by atoms with van der Waals surface area (Å²) in [6.07, 6.45) is 0. The maximum absolute atomic E-state index is 12.4. The summed E-state index contributed by atoms with van der Waals surface area (Å²) in [5.41, 5.74) is 1.79. The molecular weight excluding hydrogens is 288 g/mol. The third-order valence-corrected chi connectivity index (χ3v) is 3.57. The second kappa shape index (κ2) is 5.90. The molecule has 0 unspecified atom stereocenters. The number of halogens is 1. The van der Waals surface area contributed by atoms with Crippen molar-refractivity contribution in [2.45, 2.75) is 39.7 Å². The van der Waals surface area contributed by atoms with Crippen molar-refractivity contribution in [3.63, 3.8) is 0 Å². The fourth-order valence-corrected chi connectivity index (χ4v) is 2.26. The van der Waals surface area contributed by atoms with Crippen LogP contribution in [0, 0.1) is 6.92 Å². The summed E-state index contributed by atoms with van der Waals surface area (Å²) >= 11 is 6.09. The molecule has 0 saturated heterocycles. The van der Waals surface area contributed by atoms with Crippen molar-refractivity contribution in [1.82, 2.24) is 10.5 Å². The van der Waals surface area contributed by atoms with E-state index in [1.165, 1.54) is 0 Å². The van der Waals surface area contributed by atoms with Gasteiger partial charge in [0.15, 0.2) is 0 Å². The van der Waals surface area contributed by atoms with E-state index < -0.39 is 0 Å². The van der Waals surface area contributed by atoms with Crippen molar-refractivity contribution >= 4 is 17.5 Å². The van der Waals surface area contributed by atoms with E-state index in [0.717, 1.165) is 5.56 Å². The number of carbonyl (C=O) groups is 1. The molecule has 1 heterocycles. The minimum absolute atomic E-state index is 0.196. The molecule has 1 amide bonds. The van der Waals surface area contributed by atoms with Crippen LogP contribution in [-0.2, 0) is 12.0 Å². The largest absolute Gasteiger partial charge is 0.361 e. The highest BCUT2D eigenvalue weighted by Gasteiger charge is 2.28. The van der Waals surface area contributed by atoms with E-state index >= 15 is 0 Å². The van der Waals surface area contributed by atoms with Gasteiger partial charge in [-0.1, -0.05) is 55.7 Å². The topological polar surface area (TPSA) is 55.1 Å². The van der Waals surface area contributed by atoms with E-state index in [1.807, 2.05) is 39.0 Å². The van der Waals surface area contributed by atoms with Gasteiger partial charge in [0.1, 0.15) is 17.0 Å². The van der Waals surface area contributed by atoms with Gasteiger partial charge >= 0.3 is 0 Å². The van der Waals surface area contributed by atoms with E-state index in [1.54, 1.807) is 13.0 Å².